The molecule has 6 aliphatic rings. The second-order valence-electron chi connectivity index (χ2n) is 16.5. The van der Waals surface area contributed by atoms with Crippen LogP contribution < -0.4 is 9.47 Å². The summed E-state index contributed by atoms with van der Waals surface area (Å²) in [6.45, 7) is 7.55. The van der Waals surface area contributed by atoms with E-state index in [4.69, 9.17) is 9.47 Å². The van der Waals surface area contributed by atoms with Crippen LogP contribution in [0.5, 0.6) is 11.5 Å². The molecule has 0 aliphatic heterocycles. The third kappa shape index (κ3) is 4.92. The largest absolute Gasteiger partial charge is 0.388 e. The molecule has 232 valence electrons. The smallest absolute Gasteiger partial charge is 0.292 e. The van der Waals surface area contributed by atoms with E-state index >= 15 is 0 Å². The molecule has 4 heteroatoms. The molecule has 4 nitrogen and oxygen atoms in total. The van der Waals surface area contributed by atoms with Crippen LogP contribution in [0.25, 0.3) is 0 Å². The molecule has 0 N–H and O–H groups in total. The molecule has 2 aromatic carbocycles. The zero-order valence-corrected chi connectivity index (χ0v) is 27.2. The van der Waals surface area contributed by atoms with Crippen LogP contribution in [0, 0.1) is 39.8 Å². The highest BCUT2D eigenvalue weighted by molar-refractivity contribution is 5.49. The van der Waals surface area contributed by atoms with Crippen LogP contribution in [0.1, 0.15) is 158 Å². The first-order chi connectivity index (χ1) is 21.2. The summed E-state index contributed by atoms with van der Waals surface area (Å²) in [7, 11) is 0. The molecule has 6 aliphatic carbocycles. The van der Waals surface area contributed by atoms with Crippen molar-refractivity contribution in [1.82, 2.24) is 0 Å². The highest BCUT2D eigenvalue weighted by Gasteiger charge is 2.68. The lowest BCUT2D eigenvalue weighted by atomic mass is 9.32. The molecule has 6 saturated carbocycles. The summed E-state index contributed by atoms with van der Waals surface area (Å²) in [6.07, 6.45) is 23.9. The predicted octanol–water partition coefficient (Wildman–Crippen LogP) is 10.7. The van der Waals surface area contributed by atoms with E-state index in [1.54, 1.807) is 0 Å². The third-order valence-electron chi connectivity index (χ3n) is 13.2. The summed E-state index contributed by atoms with van der Waals surface area (Å²) in [6, 6.07) is 13.9. The Kier molecular flexibility index (Phi) is 7.51. The Labute approximate surface area is 265 Å². The minimum absolute atomic E-state index is 0.106. The fraction of sp³-hybridized carbons (Fsp3) is 0.650. The highest BCUT2D eigenvalue weighted by Crippen LogP contribution is 2.76. The van der Waals surface area contributed by atoms with Gasteiger partial charge in [-0.25, -0.2) is 0 Å². The average Bonchev–Trinajstić information content (AvgIpc) is 3.01. The first kappa shape index (κ1) is 29.7. The van der Waals surface area contributed by atoms with Crippen molar-refractivity contribution in [2.45, 2.75) is 146 Å². The van der Waals surface area contributed by atoms with Crippen molar-refractivity contribution in [2.24, 2.45) is 16.7 Å². The maximum absolute atomic E-state index is 9.50. The van der Waals surface area contributed by atoms with Gasteiger partial charge in [-0.1, -0.05) is 83.6 Å². The van der Waals surface area contributed by atoms with Crippen molar-refractivity contribution in [2.75, 3.05) is 0 Å². The van der Waals surface area contributed by atoms with Crippen LogP contribution in [0.15, 0.2) is 36.4 Å². The molecular weight excluding hydrogens is 540 g/mol. The first-order valence-corrected chi connectivity index (χ1v) is 17.6. The van der Waals surface area contributed by atoms with E-state index in [1.807, 2.05) is 12.5 Å². The lowest BCUT2D eigenvalue weighted by Crippen LogP contribution is -2.64. The van der Waals surface area contributed by atoms with Gasteiger partial charge in [0.2, 0.25) is 0 Å². The van der Waals surface area contributed by atoms with Crippen molar-refractivity contribution in [3.8, 4) is 24.0 Å². The van der Waals surface area contributed by atoms with E-state index in [2.05, 4.69) is 57.2 Å². The maximum Gasteiger partial charge on any atom is 0.292 e. The van der Waals surface area contributed by atoms with Crippen LogP contribution in [-0.2, 0) is 10.8 Å². The molecular formula is C40H50N2O2. The second kappa shape index (κ2) is 11.1. The van der Waals surface area contributed by atoms with E-state index < -0.39 is 0 Å². The van der Waals surface area contributed by atoms with Crippen molar-refractivity contribution in [3.63, 3.8) is 0 Å². The van der Waals surface area contributed by atoms with Gasteiger partial charge in [0, 0.05) is 0 Å². The van der Waals surface area contributed by atoms with E-state index in [-0.39, 0.29) is 16.2 Å². The minimum atomic E-state index is 0.106. The Morgan fingerprint density at radius 3 is 1.50 bits per heavy atom. The van der Waals surface area contributed by atoms with Gasteiger partial charge < -0.3 is 9.47 Å². The first-order valence-electron chi connectivity index (χ1n) is 17.6. The number of nitriles is 2. The van der Waals surface area contributed by atoms with E-state index in [0.29, 0.717) is 23.2 Å². The fourth-order valence-corrected chi connectivity index (χ4v) is 12.0. The molecule has 0 spiro atoms. The van der Waals surface area contributed by atoms with Gasteiger partial charge in [0.1, 0.15) is 11.5 Å². The minimum Gasteiger partial charge on any atom is -0.388 e. The monoisotopic (exact) mass is 590 g/mol. The van der Waals surface area contributed by atoms with Crippen LogP contribution in [-0.4, -0.2) is 0 Å². The Morgan fingerprint density at radius 1 is 0.636 bits per heavy atom. The van der Waals surface area contributed by atoms with Crippen molar-refractivity contribution in [1.29, 1.82) is 10.5 Å². The lowest BCUT2D eigenvalue weighted by molar-refractivity contribution is -0.153. The van der Waals surface area contributed by atoms with Crippen LogP contribution in [0.4, 0.5) is 0 Å². The van der Waals surface area contributed by atoms with Gasteiger partial charge in [-0.3, -0.25) is 0 Å². The molecule has 6 fully saturated rings. The molecule has 0 radical (unpaired) electrons. The van der Waals surface area contributed by atoms with Gasteiger partial charge in [0.15, 0.2) is 0 Å². The molecule has 4 bridgehead atoms. The molecule has 0 saturated heterocycles. The summed E-state index contributed by atoms with van der Waals surface area (Å²) in [5.41, 5.74) is 6.30. The number of rotatable bonds is 7. The SMILES string of the molecule is CC(C)C12CC3(C)CC(c4ccc(OC#N)c(C5CCCCC5)c4)(CC(c4ccc(OC#N)c(C5CCCCC5)c4)(C3)C1)C2. The topological polar surface area (TPSA) is 66.0 Å². The molecule has 0 heterocycles. The second-order valence-corrected chi connectivity index (χ2v) is 16.5. The molecule has 0 amide bonds. The van der Waals surface area contributed by atoms with Crippen molar-refractivity contribution >= 4 is 0 Å². The van der Waals surface area contributed by atoms with E-state index in [0.717, 1.165) is 11.5 Å². The van der Waals surface area contributed by atoms with Gasteiger partial charge >= 0.3 is 0 Å². The van der Waals surface area contributed by atoms with Gasteiger partial charge in [0.05, 0.1) is 0 Å². The molecule has 44 heavy (non-hydrogen) atoms. The van der Waals surface area contributed by atoms with Gasteiger partial charge in [-0.15, -0.1) is 10.5 Å². The van der Waals surface area contributed by atoms with Gasteiger partial charge in [-0.05, 0) is 138 Å². The Morgan fingerprint density at radius 2 is 1.09 bits per heavy atom. The summed E-state index contributed by atoms with van der Waals surface area (Å²) in [4.78, 5) is 0. The zero-order valence-electron chi connectivity index (χ0n) is 27.2. The molecule has 0 aromatic heterocycles. The van der Waals surface area contributed by atoms with Crippen LogP contribution >= 0.6 is 0 Å². The van der Waals surface area contributed by atoms with E-state index in [9.17, 15) is 10.5 Å². The normalized spacial score (nSPS) is 33.6. The zero-order chi connectivity index (χ0) is 30.6. The number of hydrogen-bond donors (Lipinski definition) is 0. The van der Waals surface area contributed by atoms with Crippen molar-refractivity contribution in [3.05, 3.63) is 58.7 Å². The Balaban J connectivity index is 1.36. The number of ether oxygens (including phenoxy) is 2. The summed E-state index contributed by atoms with van der Waals surface area (Å²) >= 11 is 0. The van der Waals surface area contributed by atoms with E-state index in [1.165, 1.54) is 125 Å². The summed E-state index contributed by atoms with van der Waals surface area (Å²) in [5.74, 6) is 3.13. The van der Waals surface area contributed by atoms with Gasteiger partial charge in [-0.2, -0.15) is 0 Å². The summed E-state index contributed by atoms with van der Waals surface area (Å²) < 4.78 is 11.2. The average molecular weight is 591 g/mol. The Hall–Kier alpha value is -2.98. The van der Waals surface area contributed by atoms with Crippen molar-refractivity contribution < 1.29 is 9.47 Å². The Bertz CT molecular complexity index is 1380. The number of nitrogens with zero attached hydrogens (tertiary/aromatic N) is 2. The standard InChI is InChI=1S/C40H50N2O2/c1-28(2)38-20-37(3)21-39(23-38,31-14-16-35(43-26-41)33(18-31)29-10-6-4-7-11-29)25-40(22-37,24-38)32-15-17-36(44-27-42)34(19-32)30-12-8-5-9-13-30/h14-19,28-30H,4-13,20-25H2,1-3H3. The fourth-order valence-electron chi connectivity index (χ4n) is 12.0. The molecule has 2 aromatic rings. The van der Waals surface area contributed by atoms with Crippen LogP contribution in [0.3, 0.4) is 0 Å². The van der Waals surface area contributed by atoms with Gasteiger partial charge in [0.25, 0.3) is 12.5 Å². The maximum atomic E-state index is 9.50. The quantitative estimate of drug-likeness (QED) is 0.301. The number of hydrogen-bond acceptors (Lipinski definition) is 4. The molecule has 8 rings (SSSR count). The van der Waals surface area contributed by atoms with Crippen LogP contribution in [0.2, 0.25) is 0 Å². The lowest BCUT2D eigenvalue weighted by Gasteiger charge is -2.72. The predicted molar refractivity (Wildman–Crippen MR) is 173 cm³/mol. The summed E-state index contributed by atoms with van der Waals surface area (Å²) in [5, 5.41) is 19.0. The molecule has 2 atom stereocenters. The highest BCUT2D eigenvalue weighted by atomic mass is 16.5. The molecule has 2 unspecified atom stereocenters. The third-order valence-corrected chi connectivity index (χ3v) is 13.2. The number of benzene rings is 2.